The summed E-state index contributed by atoms with van der Waals surface area (Å²) in [6.45, 7) is 4.08. The summed E-state index contributed by atoms with van der Waals surface area (Å²) in [6, 6.07) is 9.70. The van der Waals surface area contributed by atoms with Gasteiger partial charge in [-0.3, -0.25) is 14.7 Å². The Balaban J connectivity index is 1.28. The van der Waals surface area contributed by atoms with E-state index in [-0.39, 0.29) is 23.4 Å². The van der Waals surface area contributed by atoms with Crippen molar-refractivity contribution in [1.29, 1.82) is 0 Å². The zero-order valence-corrected chi connectivity index (χ0v) is 18.8. The largest absolute Gasteiger partial charge is 0.348 e. The van der Waals surface area contributed by atoms with Crippen LogP contribution in [-0.2, 0) is 27.7 Å². The molecule has 0 spiro atoms. The lowest BCUT2D eigenvalue weighted by Gasteiger charge is -2.33. The topological polar surface area (TPSA) is 82.6 Å². The Kier molecular flexibility index (Phi) is 6.69. The van der Waals surface area contributed by atoms with E-state index in [0.717, 1.165) is 18.4 Å². The lowest BCUT2D eigenvalue weighted by molar-refractivity contribution is -0.123. The Labute approximate surface area is 184 Å². The van der Waals surface area contributed by atoms with Gasteiger partial charge in [0.1, 0.15) is 4.90 Å². The summed E-state index contributed by atoms with van der Waals surface area (Å²) in [6.07, 6.45) is 7.70. The van der Waals surface area contributed by atoms with Crippen molar-refractivity contribution in [2.24, 2.45) is 0 Å². The molecule has 7 nitrogen and oxygen atoms in total. The molecule has 0 bridgehead atoms. The highest BCUT2D eigenvalue weighted by Crippen LogP contribution is 2.25. The van der Waals surface area contributed by atoms with E-state index in [4.69, 9.17) is 0 Å². The molecule has 31 heavy (non-hydrogen) atoms. The van der Waals surface area contributed by atoms with E-state index in [1.807, 2.05) is 11.8 Å². The van der Waals surface area contributed by atoms with Crippen LogP contribution in [0.5, 0.6) is 0 Å². The molecule has 1 unspecified atom stereocenters. The lowest BCUT2D eigenvalue weighted by Crippen LogP contribution is -2.51. The maximum absolute atomic E-state index is 12.7. The Hall–Kier alpha value is -2.29. The molecule has 1 saturated heterocycles. The molecule has 166 valence electrons. The lowest BCUT2D eigenvalue weighted by atomic mass is 9.89. The number of fused-ring (bicyclic) bond motifs is 1. The van der Waals surface area contributed by atoms with Gasteiger partial charge in [-0.1, -0.05) is 18.2 Å². The van der Waals surface area contributed by atoms with Crippen molar-refractivity contribution in [3.63, 3.8) is 0 Å². The number of aryl methyl sites for hydroxylation is 2. The van der Waals surface area contributed by atoms with E-state index < -0.39 is 10.0 Å². The molecule has 0 radical (unpaired) electrons. The molecule has 0 saturated carbocycles. The fourth-order valence-corrected chi connectivity index (χ4v) is 5.76. The first-order chi connectivity index (χ1) is 14.9. The summed E-state index contributed by atoms with van der Waals surface area (Å²) in [5.41, 5.74) is 3.99. The predicted octanol–water partition coefficient (Wildman–Crippen LogP) is 2.14. The molecule has 2 heterocycles. The minimum atomic E-state index is -3.53. The van der Waals surface area contributed by atoms with Crippen LogP contribution in [0.15, 0.2) is 47.6 Å². The Morgan fingerprint density at radius 1 is 1.10 bits per heavy atom. The van der Waals surface area contributed by atoms with Gasteiger partial charge in [-0.25, -0.2) is 8.42 Å². The Morgan fingerprint density at radius 3 is 2.55 bits per heavy atom. The van der Waals surface area contributed by atoms with Gasteiger partial charge in [-0.05, 0) is 61.4 Å². The molecule has 1 fully saturated rings. The van der Waals surface area contributed by atoms with Gasteiger partial charge in [0.2, 0.25) is 15.9 Å². The number of carbonyl (C=O) groups excluding carboxylic acids is 1. The van der Waals surface area contributed by atoms with Gasteiger partial charge in [-0.2, -0.15) is 4.31 Å². The number of rotatable bonds is 6. The SMILES string of the molecule is CC(NC(=O)CN1CCN(S(=O)(=O)c2cccnc2)CC1)c1ccc2c(c1)CCCC2. The average molecular weight is 443 g/mol. The summed E-state index contributed by atoms with van der Waals surface area (Å²) in [5, 5.41) is 3.10. The number of carbonyl (C=O) groups is 1. The van der Waals surface area contributed by atoms with Gasteiger partial charge in [0.15, 0.2) is 0 Å². The first kappa shape index (κ1) is 21.9. The van der Waals surface area contributed by atoms with Gasteiger partial charge >= 0.3 is 0 Å². The highest BCUT2D eigenvalue weighted by atomic mass is 32.2. The number of benzene rings is 1. The first-order valence-electron chi connectivity index (χ1n) is 11.0. The Morgan fingerprint density at radius 2 is 1.84 bits per heavy atom. The predicted molar refractivity (Wildman–Crippen MR) is 119 cm³/mol. The number of sulfonamides is 1. The van der Waals surface area contributed by atoms with Gasteiger partial charge < -0.3 is 5.32 Å². The summed E-state index contributed by atoms with van der Waals surface area (Å²) in [5.74, 6) is -0.0335. The van der Waals surface area contributed by atoms with Crippen LogP contribution in [0.2, 0.25) is 0 Å². The van der Waals surface area contributed by atoms with Crippen molar-refractivity contribution < 1.29 is 13.2 Å². The number of nitrogens with one attached hydrogen (secondary N) is 1. The van der Waals surface area contributed by atoms with E-state index >= 15 is 0 Å². The molecule has 2 aliphatic rings. The molecule has 1 N–H and O–H groups in total. The first-order valence-corrected chi connectivity index (χ1v) is 12.4. The number of amides is 1. The van der Waals surface area contributed by atoms with Crippen LogP contribution in [0.25, 0.3) is 0 Å². The molecular weight excluding hydrogens is 412 g/mol. The maximum Gasteiger partial charge on any atom is 0.244 e. The van der Waals surface area contributed by atoms with Crippen LogP contribution >= 0.6 is 0 Å². The number of hydrogen-bond acceptors (Lipinski definition) is 5. The van der Waals surface area contributed by atoms with Crippen LogP contribution in [0.3, 0.4) is 0 Å². The van der Waals surface area contributed by atoms with Crippen LogP contribution in [-0.4, -0.2) is 61.2 Å². The van der Waals surface area contributed by atoms with Crippen LogP contribution in [0.1, 0.15) is 42.5 Å². The van der Waals surface area contributed by atoms with Gasteiger partial charge in [0.25, 0.3) is 0 Å². The van der Waals surface area contributed by atoms with Crippen LogP contribution in [0, 0.1) is 0 Å². The molecule has 1 aromatic carbocycles. The van der Waals surface area contributed by atoms with E-state index in [9.17, 15) is 13.2 Å². The van der Waals surface area contributed by atoms with E-state index in [0.29, 0.717) is 26.2 Å². The maximum atomic E-state index is 12.7. The fourth-order valence-electron chi connectivity index (χ4n) is 4.37. The van der Waals surface area contributed by atoms with E-state index in [2.05, 4.69) is 28.5 Å². The van der Waals surface area contributed by atoms with E-state index in [1.54, 1.807) is 18.3 Å². The third kappa shape index (κ3) is 5.14. The number of nitrogens with zero attached hydrogens (tertiary/aromatic N) is 3. The number of piperazine rings is 1. The number of pyridine rings is 1. The van der Waals surface area contributed by atoms with Crippen molar-refractivity contribution >= 4 is 15.9 Å². The molecule has 1 aromatic heterocycles. The molecule has 1 amide bonds. The zero-order chi connectivity index (χ0) is 21.8. The Bertz CT molecular complexity index is 1020. The molecule has 1 atom stereocenters. The summed E-state index contributed by atoms with van der Waals surface area (Å²) in [4.78, 5) is 18.7. The molecule has 8 heteroatoms. The van der Waals surface area contributed by atoms with Gasteiger partial charge in [0.05, 0.1) is 12.6 Å². The molecular formula is C23H30N4O3S. The number of aromatic nitrogens is 1. The van der Waals surface area contributed by atoms with Gasteiger partial charge in [-0.15, -0.1) is 0 Å². The van der Waals surface area contributed by atoms with Crippen molar-refractivity contribution in [2.45, 2.75) is 43.5 Å². The van der Waals surface area contributed by atoms with Crippen LogP contribution in [0.4, 0.5) is 0 Å². The zero-order valence-electron chi connectivity index (χ0n) is 18.0. The minimum Gasteiger partial charge on any atom is -0.348 e. The normalized spacial score (nSPS) is 18.9. The highest BCUT2D eigenvalue weighted by Gasteiger charge is 2.29. The quantitative estimate of drug-likeness (QED) is 0.741. The molecule has 2 aromatic rings. The number of hydrogen-bond donors (Lipinski definition) is 1. The molecule has 1 aliphatic carbocycles. The van der Waals surface area contributed by atoms with Crippen molar-refractivity contribution in [1.82, 2.24) is 19.5 Å². The average Bonchev–Trinajstić information content (AvgIpc) is 2.79. The monoisotopic (exact) mass is 442 g/mol. The third-order valence-corrected chi connectivity index (χ3v) is 8.10. The molecule has 1 aliphatic heterocycles. The van der Waals surface area contributed by atoms with Crippen molar-refractivity contribution in [3.8, 4) is 0 Å². The second-order valence-electron chi connectivity index (χ2n) is 8.39. The minimum absolute atomic E-state index is 0.0335. The standard InChI is InChI=1S/C23H30N4O3S/c1-18(20-9-8-19-5-2-3-6-21(19)15-20)25-23(28)17-26-11-13-27(14-12-26)31(29,30)22-7-4-10-24-16-22/h4,7-10,15-16,18H,2-3,5-6,11-14,17H2,1H3,(H,25,28). The smallest absolute Gasteiger partial charge is 0.244 e. The second kappa shape index (κ2) is 9.46. The fraction of sp³-hybridized carbons (Fsp3) is 0.478. The summed E-state index contributed by atoms with van der Waals surface area (Å²) >= 11 is 0. The van der Waals surface area contributed by atoms with Crippen LogP contribution < -0.4 is 5.32 Å². The second-order valence-corrected chi connectivity index (χ2v) is 10.3. The molecule has 4 rings (SSSR count). The highest BCUT2D eigenvalue weighted by molar-refractivity contribution is 7.89. The third-order valence-electron chi connectivity index (χ3n) is 6.22. The van der Waals surface area contributed by atoms with Gasteiger partial charge in [0, 0.05) is 38.6 Å². The van der Waals surface area contributed by atoms with E-state index in [1.165, 1.54) is 34.5 Å². The summed E-state index contributed by atoms with van der Waals surface area (Å²) in [7, 11) is -3.53. The van der Waals surface area contributed by atoms with Crippen molar-refractivity contribution in [3.05, 3.63) is 59.4 Å². The van der Waals surface area contributed by atoms with Crippen molar-refractivity contribution in [2.75, 3.05) is 32.7 Å². The summed E-state index contributed by atoms with van der Waals surface area (Å²) < 4.78 is 26.9.